The number of tetrazole rings is 1. The van der Waals surface area contributed by atoms with Gasteiger partial charge in [0.15, 0.2) is 0 Å². The van der Waals surface area contributed by atoms with E-state index in [4.69, 9.17) is 5.11 Å². The van der Waals surface area contributed by atoms with Crippen LogP contribution in [0.5, 0.6) is 0 Å². The van der Waals surface area contributed by atoms with Crippen LogP contribution in [0.15, 0.2) is 30.3 Å². The molecule has 0 radical (unpaired) electrons. The summed E-state index contributed by atoms with van der Waals surface area (Å²) in [4.78, 5) is 10.4. The first-order chi connectivity index (χ1) is 8.77. The SMILES string of the molecule is O=C(O)CCCNc1nnnn1-c1ccccc1. The summed E-state index contributed by atoms with van der Waals surface area (Å²) in [6.45, 7) is 0.513. The Bertz CT molecular complexity index is 511. The van der Waals surface area contributed by atoms with Crippen LogP contribution in [-0.4, -0.2) is 37.8 Å². The molecule has 0 aliphatic rings. The predicted molar refractivity (Wildman–Crippen MR) is 64.5 cm³/mol. The number of aromatic nitrogens is 4. The molecule has 0 spiro atoms. The van der Waals surface area contributed by atoms with Crippen LogP contribution >= 0.6 is 0 Å². The van der Waals surface area contributed by atoms with Gasteiger partial charge in [-0.05, 0) is 29.0 Å². The highest BCUT2D eigenvalue weighted by Gasteiger charge is 2.06. The van der Waals surface area contributed by atoms with Crippen molar-refractivity contribution in [3.8, 4) is 5.69 Å². The average molecular weight is 247 g/mol. The van der Waals surface area contributed by atoms with Crippen molar-refractivity contribution in [2.75, 3.05) is 11.9 Å². The molecular formula is C11H13N5O2. The summed E-state index contributed by atoms with van der Waals surface area (Å²) in [5.74, 6) is -0.300. The Morgan fingerprint density at radius 2 is 2.11 bits per heavy atom. The molecule has 0 aliphatic heterocycles. The van der Waals surface area contributed by atoms with Gasteiger partial charge in [0, 0.05) is 13.0 Å². The zero-order valence-corrected chi connectivity index (χ0v) is 9.65. The van der Waals surface area contributed by atoms with Crippen LogP contribution in [0.1, 0.15) is 12.8 Å². The zero-order chi connectivity index (χ0) is 12.8. The standard InChI is InChI=1S/C11H13N5O2/c17-10(18)7-4-8-12-11-13-14-15-16(11)9-5-2-1-3-6-9/h1-3,5-6H,4,7-8H2,(H,17,18)(H,12,13,15). The summed E-state index contributed by atoms with van der Waals surface area (Å²) in [5, 5.41) is 22.9. The number of rotatable bonds is 6. The maximum absolute atomic E-state index is 10.4. The van der Waals surface area contributed by atoms with Gasteiger partial charge >= 0.3 is 5.97 Å². The monoisotopic (exact) mass is 247 g/mol. The second kappa shape index (κ2) is 5.76. The number of hydrogen-bond acceptors (Lipinski definition) is 5. The molecule has 1 aromatic carbocycles. The molecule has 0 saturated heterocycles. The van der Waals surface area contributed by atoms with Crippen molar-refractivity contribution in [3.05, 3.63) is 30.3 Å². The van der Waals surface area contributed by atoms with Crippen LogP contribution in [-0.2, 0) is 4.79 Å². The molecule has 0 aliphatic carbocycles. The van der Waals surface area contributed by atoms with E-state index < -0.39 is 5.97 Å². The lowest BCUT2D eigenvalue weighted by molar-refractivity contribution is -0.137. The number of benzene rings is 1. The number of hydrogen-bond donors (Lipinski definition) is 2. The Morgan fingerprint density at radius 3 is 2.83 bits per heavy atom. The van der Waals surface area contributed by atoms with Gasteiger partial charge in [0.1, 0.15) is 0 Å². The fourth-order valence-electron chi connectivity index (χ4n) is 1.48. The van der Waals surface area contributed by atoms with Crippen molar-refractivity contribution in [1.29, 1.82) is 0 Å². The third-order valence-corrected chi connectivity index (χ3v) is 2.32. The Balaban J connectivity index is 1.98. The van der Waals surface area contributed by atoms with E-state index in [1.54, 1.807) is 4.68 Å². The van der Waals surface area contributed by atoms with Gasteiger partial charge in [-0.25, -0.2) is 0 Å². The van der Waals surface area contributed by atoms with E-state index in [1.165, 1.54) is 0 Å². The molecule has 94 valence electrons. The van der Waals surface area contributed by atoms with Gasteiger partial charge in [-0.2, -0.15) is 4.68 Å². The number of nitrogens with one attached hydrogen (secondary N) is 1. The van der Waals surface area contributed by atoms with Crippen LogP contribution < -0.4 is 5.32 Å². The number of para-hydroxylation sites is 1. The minimum atomic E-state index is -0.806. The second-order valence-electron chi connectivity index (χ2n) is 3.67. The number of aliphatic carboxylic acids is 1. The van der Waals surface area contributed by atoms with Crippen LogP contribution in [0, 0.1) is 0 Å². The number of carboxylic acids is 1. The lowest BCUT2D eigenvalue weighted by atomic mass is 10.3. The highest BCUT2D eigenvalue weighted by Crippen LogP contribution is 2.10. The van der Waals surface area contributed by atoms with Crippen LogP contribution in [0.25, 0.3) is 5.69 Å². The molecular weight excluding hydrogens is 234 g/mol. The van der Waals surface area contributed by atoms with Crippen molar-refractivity contribution in [3.63, 3.8) is 0 Å². The van der Waals surface area contributed by atoms with E-state index in [9.17, 15) is 4.79 Å². The van der Waals surface area contributed by atoms with E-state index in [0.717, 1.165) is 5.69 Å². The summed E-state index contributed by atoms with van der Waals surface area (Å²) in [6.07, 6.45) is 0.650. The molecule has 2 aromatic rings. The highest BCUT2D eigenvalue weighted by atomic mass is 16.4. The first kappa shape index (κ1) is 12.0. The van der Waals surface area contributed by atoms with Gasteiger partial charge in [0.05, 0.1) is 5.69 Å². The van der Waals surface area contributed by atoms with E-state index >= 15 is 0 Å². The fraction of sp³-hybridized carbons (Fsp3) is 0.273. The topological polar surface area (TPSA) is 92.9 Å². The maximum atomic E-state index is 10.4. The number of carbonyl (C=O) groups is 1. The molecule has 0 unspecified atom stereocenters. The van der Waals surface area contributed by atoms with E-state index in [0.29, 0.717) is 18.9 Å². The lowest BCUT2D eigenvalue weighted by Crippen LogP contribution is -2.10. The molecule has 0 bridgehead atoms. The molecule has 0 saturated carbocycles. The lowest BCUT2D eigenvalue weighted by Gasteiger charge is -2.05. The summed E-state index contributed by atoms with van der Waals surface area (Å²) in [6, 6.07) is 9.47. The minimum absolute atomic E-state index is 0.125. The quantitative estimate of drug-likeness (QED) is 0.738. The Hall–Kier alpha value is -2.44. The molecule has 7 heteroatoms. The summed E-state index contributed by atoms with van der Waals surface area (Å²) in [5.41, 5.74) is 0.850. The Morgan fingerprint density at radius 1 is 1.33 bits per heavy atom. The smallest absolute Gasteiger partial charge is 0.303 e. The molecule has 2 N–H and O–H groups in total. The second-order valence-corrected chi connectivity index (χ2v) is 3.67. The third-order valence-electron chi connectivity index (χ3n) is 2.32. The molecule has 0 amide bonds. The van der Waals surface area contributed by atoms with Gasteiger partial charge in [-0.1, -0.05) is 23.3 Å². The average Bonchev–Trinajstić information content (AvgIpc) is 2.84. The van der Waals surface area contributed by atoms with Crippen LogP contribution in [0.4, 0.5) is 5.95 Å². The van der Waals surface area contributed by atoms with Gasteiger partial charge in [0.2, 0.25) is 5.95 Å². The number of nitrogens with zero attached hydrogens (tertiary/aromatic N) is 4. The zero-order valence-electron chi connectivity index (χ0n) is 9.65. The normalized spacial score (nSPS) is 10.2. The fourth-order valence-corrected chi connectivity index (χ4v) is 1.48. The first-order valence-electron chi connectivity index (χ1n) is 5.57. The third kappa shape index (κ3) is 3.03. The molecule has 2 rings (SSSR count). The van der Waals surface area contributed by atoms with E-state index in [2.05, 4.69) is 20.8 Å². The van der Waals surface area contributed by atoms with Crippen LogP contribution in [0.3, 0.4) is 0 Å². The van der Waals surface area contributed by atoms with Crippen molar-refractivity contribution >= 4 is 11.9 Å². The summed E-state index contributed by atoms with van der Waals surface area (Å²) in [7, 11) is 0. The van der Waals surface area contributed by atoms with Gasteiger partial charge in [-0.3, -0.25) is 4.79 Å². The van der Waals surface area contributed by atoms with Gasteiger partial charge in [0.25, 0.3) is 0 Å². The van der Waals surface area contributed by atoms with Gasteiger partial charge < -0.3 is 10.4 Å². The Kier molecular flexibility index (Phi) is 3.85. The molecule has 0 fully saturated rings. The van der Waals surface area contributed by atoms with Crippen molar-refractivity contribution in [1.82, 2.24) is 20.2 Å². The Labute approximate surface area is 103 Å². The molecule has 18 heavy (non-hydrogen) atoms. The molecule has 1 aromatic heterocycles. The maximum Gasteiger partial charge on any atom is 0.303 e. The van der Waals surface area contributed by atoms with Crippen molar-refractivity contribution in [2.45, 2.75) is 12.8 Å². The summed E-state index contributed by atoms with van der Waals surface area (Å²) < 4.78 is 1.57. The molecule has 7 nitrogen and oxygen atoms in total. The molecule has 0 atom stereocenters. The molecule has 1 heterocycles. The minimum Gasteiger partial charge on any atom is -0.481 e. The number of anilines is 1. The van der Waals surface area contributed by atoms with Crippen LogP contribution in [0.2, 0.25) is 0 Å². The first-order valence-corrected chi connectivity index (χ1v) is 5.57. The number of carboxylic acid groups (broad SMARTS) is 1. The van der Waals surface area contributed by atoms with E-state index in [-0.39, 0.29) is 6.42 Å². The van der Waals surface area contributed by atoms with Gasteiger partial charge in [-0.15, -0.1) is 0 Å². The highest BCUT2D eigenvalue weighted by molar-refractivity contribution is 5.66. The predicted octanol–water partition coefficient (Wildman–Crippen LogP) is 0.939. The largest absolute Gasteiger partial charge is 0.481 e. The van der Waals surface area contributed by atoms with Crippen molar-refractivity contribution < 1.29 is 9.90 Å². The van der Waals surface area contributed by atoms with E-state index in [1.807, 2.05) is 30.3 Å². The van der Waals surface area contributed by atoms with Crippen molar-refractivity contribution in [2.24, 2.45) is 0 Å². The summed E-state index contributed by atoms with van der Waals surface area (Å²) >= 11 is 0.